The first-order chi connectivity index (χ1) is 15.6. The first kappa shape index (κ1) is 21.4. The van der Waals surface area contributed by atoms with Crippen LogP contribution in [-0.4, -0.2) is 36.5 Å². The van der Waals surface area contributed by atoms with Gasteiger partial charge in [-0.3, -0.25) is 9.78 Å². The van der Waals surface area contributed by atoms with Gasteiger partial charge >= 0.3 is 0 Å². The number of fused-ring (bicyclic) bond motifs is 1. The van der Waals surface area contributed by atoms with E-state index in [4.69, 9.17) is 0 Å². The number of amides is 1. The third-order valence-electron chi connectivity index (χ3n) is 5.18. The standard InChI is InChI=1S/C24H27N7O/c1-4-8-19-14-21(27-20-11-6-9-17(13-20)23(32)26-16(3)5-2)31-24(28-19)29-22(30-31)18-10-7-12-25-15-18/h6-7,9-16,27H,4-5,8H2,1-3H3,(H,26,32). The Morgan fingerprint density at radius 3 is 2.75 bits per heavy atom. The SMILES string of the molecule is CCCc1cc(Nc2cccc(C(=O)NC(C)CC)c2)n2nc(-c3cccnc3)nc2n1. The second kappa shape index (κ2) is 9.55. The van der Waals surface area contributed by atoms with Crippen LogP contribution in [0.2, 0.25) is 0 Å². The van der Waals surface area contributed by atoms with Crippen molar-refractivity contribution >= 4 is 23.2 Å². The Balaban J connectivity index is 1.70. The minimum atomic E-state index is -0.0887. The van der Waals surface area contributed by atoms with Crippen molar-refractivity contribution in [2.45, 2.75) is 46.1 Å². The summed E-state index contributed by atoms with van der Waals surface area (Å²) in [6.45, 7) is 6.15. The van der Waals surface area contributed by atoms with Gasteiger partial charge in [-0.2, -0.15) is 9.50 Å². The summed E-state index contributed by atoms with van der Waals surface area (Å²) in [5, 5.41) is 11.1. The molecule has 8 heteroatoms. The molecule has 0 aliphatic carbocycles. The summed E-state index contributed by atoms with van der Waals surface area (Å²) in [7, 11) is 0. The molecule has 0 saturated heterocycles. The highest BCUT2D eigenvalue weighted by atomic mass is 16.1. The molecule has 1 unspecified atom stereocenters. The molecule has 0 radical (unpaired) electrons. The van der Waals surface area contributed by atoms with E-state index in [9.17, 15) is 4.79 Å². The Morgan fingerprint density at radius 2 is 2.00 bits per heavy atom. The van der Waals surface area contributed by atoms with Crippen molar-refractivity contribution in [2.24, 2.45) is 0 Å². The number of carbonyl (C=O) groups is 1. The van der Waals surface area contributed by atoms with Crippen LogP contribution >= 0.6 is 0 Å². The highest BCUT2D eigenvalue weighted by Gasteiger charge is 2.14. The zero-order chi connectivity index (χ0) is 22.5. The summed E-state index contributed by atoms with van der Waals surface area (Å²) < 4.78 is 1.69. The molecule has 8 nitrogen and oxygen atoms in total. The number of aromatic nitrogens is 5. The zero-order valence-corrected chi connectivity index (χ0v) is 18.5. The molecule has 0 bridgehead atoms. The number of hydrogen-bond acceptors (Lipinski definition) is 6. The number of aryl methyl sites for hydroxylation is 1. The predicted molar refractivity (Wildman–Crippen MR) is 125 cm³/mol. The maximum Gasteiger partial charge on any atom is 0.254 e. The van der Waals surface area contributed by atoms with Crippen LogP contribution in [0.1, 0.15) is 49.7 Å². The van der Waals surface area contributed by atoms with Gasteiger partial charge in [-0.1, -0.05) is 26.3 Å². The Kier molecular flexibility index (Phi) is 6.39. The van der Waals surface area contributed by atoms with Crippen LogP contribution in [0.5, 0.6) is 0 Å². The highest BCUT2D eigenvalue weighted by Crippen LogP contribution is 2.22. The summed E-state index contributed by atoms with van der Waals surface area (Å²) in [6, 6.07) is 13.3. The first-order valence-electron chi connectivity index (χ1n) is 10.9. The van der Waals surface area contributed by atoms with Crippen molar-refractivity contribution in [1.82, 2.24) is 29.9 Å². The fraction of sp³-hybridized carbons (Fsp3) is 0.292. The monoisotopic (exact) mass is 429 g/mol. The minimum Gasteiger partial charge on any atom is -0.350 e. The number of carbonyl (C=O) groups excluding carboxylic acids is 1. The third kappa shape index (κ3) is 4.74. The molecule has 0 fully saturated rings. The minimum absolute atomic E-state index is 0.0887. The van der Waals surface area contributed by atoms with Gasteiger partial charge in [0.15, 0.2) is 5.82 Å². The van der Waals surface area contributed by atoms with Crippen LogP contribution in [0.4, 0.5) is 11.5 Å². The van der Waals surface area contributed by atoms with Crippen molar-refractivity contribution in [3.05, 3.63) is 66.1 Å². The molecule has 1 amide bonds. The zero-order valence-electron chi connectivity index (χ0n) is 18.5. The summed E-state index contributed by atoms with van der Waals surface area (Å²) in [5.74, 6) is 1.72. The van der Waals surface area contributed by atoms with Gasteiger partial charge in [-0.05, 0) is 50.1 Å². The van der Waals surface area contributed by atoms with Crippen molar-refractivity contribution in [3.63, 3.8) is 0 Å². The van der Waals surface area contributed by atoms with Crippen LogP contribution < -0.4 is 10.6 Å². The number of anilines is 2. The molecular formula is C24H27N7O. The number of nitrogens with one attached hydrogen (secondary N) is 2. The largest absolute Gasteiger partial charge is 0.350 e. The average molecular weight is 430 g/mol. The predicted octanol–water partition coefficient (Wildman–Crippen LogP) is 4.41. The van der Waals surface area contributed by atoms with Crippen molar-refractivity contribution in [1.29, 1.82) is 0 Å². The molecule has 0 aliphatic rings. The second-order valence-electron chi connectivity index (χ2n) is 7.76. The van der Waals surface area contributed by atoms with Gasteiger partial charge in [0.1, 0.15) is 5.82 Å². The lowest BCUT2D eigenvalue weighted by Gasteiger charge is -2.13. The maximum atomic E-state index is 12.5. The maximum absolute atomic E-state index is 12.5. The summed E-state index contributed by atoms with van der Waals surface area (Å²) >= 11 is 0. The van der Waals surface area contributed by atoms with Crippen molar-refractivity contribution in [2.75, 3.05) is 5.32 Å². The molecule has 2 N–H and O–H groups in total. The lowest BCUT2D eigenvalue weighted by atomic mass is 10.1. The van der Waals surface area contributed by atoms with Crippen LogP contribution in [0, 0.1) is 0 Å². The molecule has 1 atom stereocenters. The van der Waals surface area contributed by atoms with Crippen LogP contribution in [0.15, 0.2) is 54.9 Å². The first-order valence-corrected chi connectivity index (χ1v) is 10.9. The van der Waals surface area contributed by atoms with Gasteiger partial charge in [-0.25, -0.2) is 4.98 Å². The van der Waals surface area contributed by atoms with Gasteiger partial charge in [0, 0.05) is 47.0 Å². The van der Waals surface area contributed by atoms with Gasteiger partial charge < -0.3 is 10.6 Å². The lowest BCUT2D eigenvalue weighted by Crippen LogP contribution is -2.31. The van der Waals surface area contributed by atoms with Crippen molar-refractivity contribution in [3.8, 4) is 11.4 Å². The fourth-order valence-electron chi connectivity index (χ4n) is 3.30. The van der Waals surface area contributed by atoms with Crippen LogP contribution in [0.25, 0.3) is 17.2 Å². The van der Waals surface area contributed by atoms with E-state index in [0.29, 0.717) is 17.2 Å². The molecule has 3 heterocycles. The lowest BCUT2D eigenvalue weighted by molar-refractivity contribution is 0.0939. The van der Waals surface area contributed by atoms with Gasteiger partial charge in [0.25, 0.3) is 11.7 Å². The number of nitrogens with zero attached hydrogens (tertiary/aromatic N) is 5. The molecule has 1 aromatic carbocycles. The summed E-state index contributed by atoms with van der Waals surface area (Å²) in [4.78, 5) is 26.0. The Morgan fingerprint density at radius 1 is 1.12 bits per heavy atom. The van der Waals surface area contributed by atoms with Crippen LogP contribution in [-0.2, 0) is 6.42 Å². The quantitative estimate of drug-likeness (QED) is 0.431. The average Bonchev–Trinajstić information content (AvgIpc) is 3.24. The topological polar surface area (TPSA) is 97.1 Å². The molecular weight excluding hydrogens is 402 g/mol. The Bertz CT molecular complexity index is 1220. The van der Waals surface area contributed by atoms with E-state index in [0.717, 1.165) is 42.0 Å². The fourth-order valence-corrected chi connectivity index (χ4v) is 3.30. The van der Waals surface area contributed by atoms with E-state index in [-0.39, 0.29) is 11.9 Å². The van der Waals surface area contributed by atoms with E-state index >= 15 is 0 Å². The van der Waals surface area contributed by atoms with Gasteiger partial charge in [0.05, 0.1) is 0 Å². The second-order valence-corrected chi connectivity index (χ2v) is 7.76. The number of rotatable bonds is 8. The number of benzene rings is 1. The Hall–Kier alpha value is -3.81. The molecule has 0 spiro atoms. The normalized spacial score (nSPS) is 12.0. The summed E-state index contributed by atoms with van der Waals surface area (Å²) in [5.41, 5.74) is 3.14. The highest BCUT2D eigenvalue weighted by molar-refractivity contribution is 5.95. The molecule has 32 heavy (non-hydrogen) atoms. The van der Waals surface area contributed by atoms with E-state index < -0.39 is 0 Å². The third-order valence-corrected chi connectivity index (χ3v) is 5.18. The number of pyridine rings is 1. The number of hydrogen-bond donors (Lipinski definition) is 2. The van der Waals surface area contributed by atoms with E-state index in [1.54, 1.807) is 16.9 Å². The molecule has 4 aromatic rings. The van der Waals surface area contributed by atoms with Crippen LogP contribution in [0.3, 0.4) is 0 Å². The van der Waals surface area contributed by atoms with Gasteiger partial charge in [0.2, 0.25) is 0 Å². The molecule has 3 aromatic heterocycles. The molecule has 4 rings (SSSR count). The Labute approximate surface area is 187 Å². The van der Waals surface area contributed by atoms with E-state index in [1.807, 2.05) is 56.3 Å². The van der Waals surface area contributed by atoms with Gasteiger partial charge in [-0.15, -0.1) is 5.10 Å². The van der Waals surface area contributed by atoms with Crippen molar-refractivity contribution < 1.29 is 4.79 Å². The molecule has 164 valence electrons. The van der Waals surface area contributed by atoms with E-state index in [2.05, 4.69) is 37.6 Å². The molecule has 0 saturated carbocycles. The van der Waals surface area contributed by atoms with E-state index in [1.165, 1.54) is 0 Å². The molecule has 0 aliphatic heterocycles. The smallest absolute Gasteiger partial charge is 0.254 e. The summed E-state index contributed by atoms with van der Waals surface area (Å²) in [6.07, 6.45) is 6.13.